The van der Waals surface area contributed by atoms with E-state index >= 15 is 0 Å². The second-order valence-electron chi connectivity index (χ2n) is 4.97. The molecule has 0 radical (unpaired) electrons. The summed E-state index contributed by atoms with van der Waals surface area (Å²) in [6.07, 6.45) is 4.54. The molecule has 1 unspecified atom stereocenters. The summed E-state index contributed by atoms with van der Waals surface area (Å²) in [6.45, 7) is 12.8. The zero-order valence-corrected chi connectivity index (χ0v) is 9.69. The molecule has 0 aromatic carbocycles. The van der Waals surface area contributed by atoms with Crippen LogP contribution in [0.15, 0.2) is 12.2 Å². The maximum absolute atomic E-state index is 6.05. The van der Waals surface area contributed by atoms with Crippen LogP contribution in [0.2, 0.25) is 0 Å². The SMILES string of the molecule is C=C(CC)CCCC(N)C(C)(C)C. The molecule has 13 heavy (non-hydrogen) atoms. The molecular weight excluding hydrogens is 158 g/mol. The van der Waals surface area contributed by atoms with E-state index in [-0.39, 0.29) is 5.41 Å². The molecule has 1 heteroatoms. The lowest BCUT2D eigenvalue weighted by Crippen LogP contribution is -2.34. The highest BCUT2D eigenvalue weighted by atomic mass is 14.7. The van der Waals surface area contributed by atoms with E-state index in [1.165, 1.54) is 12.0 Å². The zero-order chi connectivity index (χ0) is 10.5. The standard InChI is InChI=1S/C12H25N/c1-6-10(2)8-7-9-11(13)12(3,4)5/h11H,2,6-9,13H2,1,3-5H3. The molecular formula is C12H25N. The van der Waals surface area contributed by atoms with Crippen LogP contribution >= 0.6 is 0 Å². The van der Waals surface area contributed by atoms with Crippen molar-refractivity contribution >= 4 is 0 Å². The topological polar surface area (TPSA) is 26.0 Å². The lowest BCUT2D eigenvalue weighted by molar-refractivity contribution is 0.301. The minimum Gasteiger partial charge on any atom is -0.327 e. The third kappa shape index (κ3) is 5.87. The molecule has 0 heterocycles. The van der Waals surface area contributed by atoms with E-state index < -0.39 is 0 Å². The van der Waals surface area contributed by atoms with E-state index in [1.54, 1.807) is 0 Å². The molecule has 0 saturated carbocycles. The van der Waals surface area contributed by atoms with Gasteiger partial charge in [0.25, 0.3) is 0 Å². The van der Waals surface area contributed by atoms with Gasteiger partial charge >= 0.3 is 0 Å². The van der Waals surface area contributed by atoms with Gasteiger partial charge in [0.05, 0.1) is 0 Å². The summed E-state index contributed by atoms with van der Waals surface area (Å²) in [6, 6.07) is 0.317. The van der Waals surface area contributed by atoms with Crippen LogP contribution in [-0.2, 0) is 0 Å². The van der Waals surface area contributed by atoms with Crippen molar-refractivity contribution in [3.63, 3.8) is 0 Å². The van der Waals surface area contributed by atoms with Crippen molar-refractivity contribution in [3.8, 4) is 0 Å². The second kappa shape index (κ2) is 5.43. The predicted octanol–water partition coefficient (Wildman–Crippen LogP) is 3.50. The van der Waals surface area contributed by atoms with Gasteiger partial charge in [-0.2, -0.15) is 0 Å². The summed E-state index contributed by atoms with van der Waals surface area (Å²) in [4.78, 5) is 0. The fraction of sp³-hybridized carbons (Fsp3) is 0.833. The first-order chi connectivity index (χ1) is 5.88. The molecule has 0 aromatic rings. The molecule has 1 nitrogen and oxygen atoms in total. The van der Waals surface area contributed by atoms with Crippen LogP contribution < -0.4 is 5.73 Å². The van der Waals surface area contributed by atoms with Crippen molar-refractivity contribution in [2.75, 3.05) is 0 Å². The van der Waals surface area contributed by atoms with E-state index in [0.29, 0.717) is 6.04 Å². The molecule has 78 valence electrons. The third-order valence-corrected chi connectivity index (χ3v) is 2.66. The fourth-order valence-corrected chi connectivity index (χ4v) is 1.18. The Morgan fingerprint density at radius 2 is 1.92 bits per heavy atom. The Morgan fingerprint density at radius 3 is 2.31 bits per heavy atom. The van der Waals surface area contributed by atoms with Crippen LogP contribution in [0.5, 0.6) is 0 Å². The summed E-state index contributed by atoms with van der Waals surface area (Å²) in [5.74, 6) is 0. The molecule has 0 bridgehead atoms. The predicted molar refractivity (Wildman–Crippen MR) is 60.7 cm³/mol. The van der Waals surface area contributed by atoms with Crippen LogP contribution in [0, 0.1) is 5.41 Å². The van der Waals surface area contributed by atoms with Crippen LogP contribution in [0.1, 0.15) is 53.4 Å². The number of hydrogen-bond acceptors (Lipinski definition) is 1. The van der Waals surface area contributed by atoms with Crippen LogP contribution in [0.4, 0.5) is 0 Å². The lowest BCUT2D eigenvalue weighted by Gasteiger charge is -2.27. The largest absolute Gasteiger partial charge is 0.327 e. The van der Waals surface area contributed by atoms with E-state index in [9.17, 15) is 0 Å². The Balaban J connectivity index is 3.60. The Bertz CT molecular complexity index is 153. The molecule has 0 aliphatic heterocycles. The molecule has 0 aliphatic carbocycles. The van der Waals surface area contributed by atoms with Gasteiger partial charge in [-0.1, -0.05) is 39.8 Å². The molecule has 0 amide bonds. The van der Waals surface area contributed by atoms with Gasteiger partial charge in [0.2, 0.25) is 0 Å². The first-order valence-corrected chi connectivity index (χ1v) is 5.30. The maximum Gasteiger partial charge on any atom is 0.00877 e. The van der Waals surface area contributed by atoms with Crippen LogP contribution in [0.3, 0.4) is 0 Å². The Labute approximate surface area is 83.4 Å². The van der Waals surface area contributed by atoms with Crippen molar-refractivity contribution in [1.82, 2.24) is 0 Å². The van der Waals surface area contributed by atoms with Crippen LogP contribution in [0.25, 0.3) is 0 Å². The lowest BCUT2D eigenvalue weighted by atomic mass is 9.84. The van der Waals surface area contributed by atoms with E-state index in [2.05, 4.69) is 34.3 Å². The van der Waals surface area contributed by atoms with Gasteiger partial charge in [-0.3, -0.25) is 0 Å². The summed E-state index contributed by atoms with van der Waals surface area (Å²) in [7, 11) is 0. The molecule has 0 aromatic heterocycles. The van der Waals surface area contributed by atoms with Gasteiger partial charge in [-0.25, -0.2) is 0 Å². The number of rotatable bonds is 5. The normalized spacial score (nSPS) is 14.2. The van der Waals surface area contributed by atoms with Crippen LogP contribution in [-0.4, -0.2) is 6.04 Å². The maximum atomic E-state index is 6.05. The molecule has 0 saturated heterocycles. The summed E-state index contributed by atoms with van der Waals surface area (Å²) in [5.41, 5.74) is 7.64. The number of nitrogens with two attached hydrogens (primary N) is 1. The van der Waals surface area contributed by atoms with Gasteiger partial charge in [-0.05, 0) is 31.1 Å². The average Bonchev–Trinajstić information content (AvgIpc) is 2.02. The van der Waals surface area contributed by atoms with Gasteiger partial charge < -0.3 is 5.73 Å². The van der Waals surface area contributed by atoms with E-state index in [4.69, 9.17) is 5.73 Å². The first-order valence-electron chi connectivity index (χ1n) is 5.30. The summed E-state index contributed by atoms with van der Waals surface area (Å²) in [5, 5.41) is 0. The Hall–Kier alpha value is -0.300. The van der Waals surface area contributed by atoms with E-state index in [1.807, 2.05) is 0 Å². The van der Waals surface area contributed by atoms with Crippen molar-refractivity contribution in [2.45, 2.75) is 59.4 Å². The minimum atomic E-state index is 0.244. The van der Waals surface area contributed by atoms with Gasteiger partial charge in [0.15, 0.2) is 0 Å². The summed E-state index contributed by atoms with van der Waals surface area (Å²) < 4.78 is 0. The highest BCUT2D eigenvalue weighted by Crippen LogP contribution is 2.22. The van der Waals surface area contributed by atoms with Crippen molar-refractivity contribution in [3.05, 3.63) is 12.2 Å². The third-order valence-electron chi connectivity index (χ3n) is 2.66. The zero-order valence-electron chi connectivity index (χ0n) is 9.69. The van der Waals surface area contributed by atoms with Gasteiger partial charge in [-0.15, -0.1) is 0 Å². The first kappa shape index (κ1) is 12.7. The summed E-state index contributed by atoms with van der Waals surface area (Å²) >= 11 is 0. The highest BCUT2D eigenvalue weighted by molar-refractivity contribution is 4.92. The molecule has 0 rings (SSSR count). The fourth-order valence-electron chi connectivity index (χ4n) is 1.18. The Kier molecular flexibility index (Phi) is 5.31. The van der Waals surface area contributed by atoms with Crippen molar-refractivity contribution < 1.29 is 0 Å². The quantitative estimate of drug-likeness (QED) is 0.649. The highest BCUT2D eigenvalue weighted by Gasteiger charge is 2.19. The van der Waals surface area contributed by atoms with Gasteiger partial charge in [0, 0.05) is 6.04 Å². The van der Waals surface area contributed by atoms with Crippen molar-refractivity contribution in [2.24, 2.45) is 11.1 Å². The number of allylic oxidation sites excluding steroid dienone is 1. The molecule has 2 N–H and O–H groups in total. The molecule has 0 aliphatic rings. The molecule has 1 atom stereocenters. The number of hydrogen-bond donors (Lipinski definition) is 1. The Morgan fingerprint density at radius 1 is 1.38 bits per heavy atom. The molecule has 0 spiro atoms. The van der Waals surface area contributed by atoms with Gasteiger partial charge in [0.1, 0.15) is 0 Å². The minimum absolute atomic E-state index is 0.244. The average molecular weight is 183 g/mol. The van der Waals surface area contributed by atoms with E-state index in [0.717, 1.165) is 19.3 Å². The smallest absolute Gasteiger partial charge is 0.00877 e. The second-order valence-corrected chi connectivity index (χ2v) is 4.97. The molecule has 0 fully saturated rings. The monoisotopic (exact) mass is 183 g/mol. The van der Waals surface area contributed by atoms with Crippen molar-refractivity contribution in [1.29, 1.82) is 0 Å².